The summed E-state index contributed by atoms with van der Waals surface area (Å²) in [4.78, 5) is 63.8. The molecule has 4 rings (SSSR count). The van der Waals surface area contributed by atoms with Gasteiger partial charge in [-0.1, -0.05) is 18.2 Å². The fraction of sp³-hybridized carbons (Fsp3) is 0.400. The molecule has 49 heavy (non-hydrogen) atoms. The van der Waals surface area contributed by atoms with Crippen LogP contribution in [0.5, 0.6) is 0 Å². The quantitative estimate of drug-likeness (QED) is 0.130. The molecule has 13 nitrogen and oxygen atoms in total. The van der Waals surface area contributed by atoms with Crippen molar-refractivity contribution in [1.29, 1.82) is 0 Å². The van der Waals surface area contributed by atoms with E-state index >= 15 is 0 Å². The van der Waals surface area contributed by atoms with Gasteiger partial charge < -0.3 is 14.4 Å². The van der Waals surface area contributed by atoms with E-state index in [1.807, 2.05) is 4.90 Å². The molecule has 260 valence electrons. The van der Waals surface area contributed by atoms with E-state index in [1.165, 1.54) is 36.4 Å². The highest BCUT2D eigenvalue weighted by Crippen LogP contribution is 2.48. The molecule has 2 unspecified atom stereocenters. The molecule has 0 N–H and O–H groups in total. The summed E-state index contributed by atoms with van der Waals surface area (Å²) in [6, 6.07) is 13.4. The Hall–Kier alpha value is -5.40. The van der Waals surface area contributed by atoms with Crippen LogP contribution in [0.2, 0.25) is 0 Å². The molecular weight excluding hydrogens is 639 g/mol. The van der Waals surface area contributed by atoms with Gasteiger partial charge in [-0.15, -0.1) is 0 Å². The number of hydrogen-bond acceptors (Lipinski definition) is 10. The molecule has 2 amide bonds. The third kappa shape index (κ3) is 8.75. The zero-order chi connectivity index (χ0) is 36.4. The molecule has 0 radical (unpaired) electrons. The van der Waals surface area contributed by atoms with E-state index in [2.05, 4.69) is 0 Å². The number of esters is 1. The number of rotatable bonds is 8. The van der Waals surface area contributed by atoms with Crippen molar-refractivity contribution in [3.8, 4) is 0 Å². The van der Waals surface area contributed by atoms with E-state index < -0.39 is 62.6 Å². The van der Waals surface area contributed by atoms with Crippen molar-refractivity contribution in [3.05, 3.63) is 103 Å². The lowest BCUT2D eigenvalue weighted by atomic mass is 9.99. The van der Waals surface area contributed by atoms with Gasteiger partial charge in [-0.3, -0.25) is 29.8 Å². The molecule has 1 aliphatic heterocycles. The molecule has 3 aromatic carbocycles. The monoisotopic (exact) mass is 678 g/mol. The number of imide groups is 1. The first-order chi connectivity index (χ1) is 22.8. The number of anilines is 2. The second-order valence-corrected chi connectivity index (χ2v) is 13.7. The first-order valence-electron chi connectivity index (χ1n) is 15.6. The van der Waals surface area contributed by atoms with Gasteiger partial charge in [-0.05, 0) is 95.8 Å². The number of hydrogen-bond donors (Lipinski definition) is 0. The van der Waals surface area contributed by atoms with Gasteiger partial charge in [-0.2, -0.15) is 0 Å². The molecule has 0 aromatic heterocycles. The van der Waals surface area contributed by atoms with E-state index in [0.29, 0.717) is 34.6 Å². The number of nitro groups is 2. The van der Waals surface area contributed by atoms with Crippen molar-refractivity contribution < 1.29 is 38.1 Å². The van der Waals surface area contributed by atoms with Gasteiger partial charge in [-0.25, -0.2) is 14.1 Å². The maximum absolute atomic E-state index is 14.0. The van der Waals surface area contributed by atoms with Crippen LogP contribution < -0.4 is 9.80 Å². The van der Waals surface area contributed by atoms with Crippen LogP contribution in [0, 0.1) is 26.0 Å². The Balaban J connectivity index is 1.78. The number of nitrogens with zero attached hydrogens (tertiary/aromatic N) is 4. The number of ether oxygens (including phenoxy) is 2. The van der Waals surface area contributed by atoms with Gasteiger partial charge in [0.25, 0.3) is 11.4 Å². The Morgan fingerprint density at radius 1 is 0.816 bits per heavy atom. The standard InChI is InChI=1S/C35H39FN4O9/c1-21(41)37(33(43)49-35(5,6)7)29-15-10-23(19-31(29)40(46)47)28-17-16-27(38(28)26-13-11-25(36)12-14-26)22-8-9-24(30(18-22)39(44)45)20-32(42)48-34(2,3)4/h8-15,18-19,27-28H,16-17,20H2,1-7H3. The van der Waals surface area contributed by atoms with Crippen LogP contribution in [0.1, 0.15) is 90.1 Å². The van der Waals surface area contributed by atoms with Gasteiger partial charge in [0.05, 0.1) is 28.4 Å². The summed E-state index contributed by atoms with van der Waals surface area (Å²) in [5.74, 6) is -1.88. The van der Waals surface area contributed by atoms with Gasteiger partial charge in [0.1, 0.15) is 22.7 Å². The van der Waals surface area contributed by atoms with Crippen molar-refractivity contribution >= 4 is 40.7 Å². The zero-order valence-corrected chi connectivity index (χ0v) is 28.4. The summed E-state index contributed by atoms with van der Waals surface area (Å²) in [5, 5.41) is 24.5. The molecular formula is C35H39FN4O9. The van der Waals surface area contributed by atoms with Crippen molar-refractivity contribution in [2.75, 3.05) is 9.80 Å². The predicted molar refractivity (Wildman–Crippen MR) is 179 cm³/mol. The molecule has 1 fully saturated rings. The SMILES string of the molecule is CC(=O)N(C(=O)OC(C)(C)C)c1ccc(C2CCC(c3ccc(CC(=O)OC(C)(C)C)c([N+](=O)[O-])c3)N2c2ccc(F)cc2)cc1[N+](=O)[O-]. The summed E-state index contributed by atoms with van der Waals surface area (Å²) in [5.41, 5.74) is -1.05. The largest absolute Gasteiger partial charge is 0.460 e. The Morgan fingerprint density at radius 3 is 1.82 bits per heavy atom. The minimum atomic E-state index is -1.07. The van der Waals surface area contributed by atoms with Gasteiger partial charge in [0, 0.05) is 30.3 Å². The van der Waals surface area contributed by atoms with E-state index in [9.17, 15) is 39.0 Å². The summed E-state index contributed by atoms with van der Waals surface area (Å²) >= 11 is 0. The molecule has 1 aliphatic rings. The lowest BCUT2D eigenvalue weighted by molar-refractivity contribution is -0.385. The lowest BCUT2D eigenvalue weighted by Gasteiger charge is -2.33. The molecule has 1 heterocycles. The summed E-state index contributed by atoms with van der Waals surface area (Å²) < 4.78 is 24.7. The van der Waals surface area contributed by atoms with Gasteiger partial charge in [0.2, 0.25) is 5.91 Å². The first-order valence-corrected chi connectivity index (χ1v) is 15.6. The van der Waals surface area contributed by atoms with Crippen molar-refractivity contribution in [2.24, 2.45) is 0 Å². The number of amides is 2. The summed E-state index contributed by atoms with van der Waals surface area (Å²) in [7, 11) is 0. The highest BCUT2D eigenvalue weighted by atomic mass is 19.1. The van der Waals surface area contributed by atoms with Crippen LogP contribution in [-0.4, -0.2) is 39.0 Å². The normalized spacial score (nSPS) is 16.2. The van der Waals surface area contributed by atoms with Crippen LogP contribution in [0.15, 0.2) is 60.7 Å². The zero-order valence-electron chi connectivity index (χ0n) is 28.4. The number of benzene rings is 3. The van der Waals surface area contributed by atoms with Crippen LogP contribution in [0.3, 0.4) is 0 Å². The second-order valence-electron chi connectivity index (χ2n) is 13.7. The third-order valence-corrected chi connectivity index (χ3v) is 7.67. The van der Waals surface area contributed by atoms with E-state index in [0.717, 1.165) is 6.92 Å². The first kappa shape index (κ1) is 36.4. The summed E-state index contributed by atoms with van der Waals surface area (Å²) in [6.07, 6.45) is -0.479. The molecule has 14 heteroatoms. The average Bonchev–Trinajstić information content (AvgIpc) is 3.41. The molecule has 3 aromatic rings. The lowest BCUT2D eigenvalue weighted by Crippen LogP contribution is -2.40. The van der Waals surface area contributed by atoms with E-state index in [1.54, 1.807) is 65.8 Å². The summed E-state index contributed by atoms with van der Waals surface area (Å²) in [6.45, 7) is 11.0. The second kappa shape index (κ2) is 14.0. The van der Waals surface area contributed by atoms with Gasteiger partial charge >= 0.3 is 12.1 Å². The van der Waals surface area contributed by atoms with Crippen LogP contribution in [-0.2, 0) is 25.5 Å². The fourth-order valence-electron chi connectivity index (χ4n) is 5.87. The highest BCUT2D eigenvalue weighted by molar-refractivity contribution is 6.12. The van der Waals surface area contributed by atoms with E-state index in [4.69, 9.17) is 9.47 Å². The number of carbonyl (C=O) groups excluding carboxylic acids is 3. The molecule has 0 aliphatic carbocycles. The highest BCUT2D eigenvalue weighted by Gasteiger charge is 2.39. The molecule has 0 saturated carbocycles. The van der Waals surface area contributed by atoms with Crippen molar-refractivity contribution in [1.82, 2.24) is 0 Å². The maximum Gasteiger partial charge on any atom is 0.421 e. The fourth-order valence-corrected chi connectivity index (χ4v) is 5.87. The number of nitro benzene ring substituents is 2. The van der Waals surface area contributed by atoms with E-state index in [-0.39, 0.29) is 23.4 Å². The predicted octanol–water partition coefficient (Wildman–Crippen LogP) is 7.90. The van der Waals surface area contributed by atoms with Crippen molar-refractivity contribution in [2.45, 2.75) is 91.0 Å². The Labute approximate surface area is 282 Å². The topological polar surface area (TPSA) is 162 Å². The Morgan fingerprint density at radius 2 is 1.33 bits per heavy atom. The molecule has 0 spiro atoms. The minimum absolute atomic E-state index is 0.178. The van der Waals surface area contributed by atoms with Crippen LogP contribution >= 0.6 is 0 Å². The molecule has 0 bridgehead atoms. The smallest absolute Gasteiger partial charge is 0.421 e. The number of carbonyl (C=O) groups is 3. The third-order valence-electron chi connectivity index (χ3n) is 7.67. The Bertz CT molecular complexity index is 1780. The maximum atomic E-state index is 14.0. The van der Waals surface area contributed by atoms with Crippen LogP contribution in [0.4, 0.5) is 31.9 Å². The minimum Gasteiger partial charge on any atom is -0.460 e. The van der Waals surface area contributed by atoms with Gasteiger partial charge in [0.15, 0.2) is 0 Å². The average molecular weight is 679 g/mol. The molecule has 2 atom stereocenters. The molecule has 1 saturated heterocycles. The Kier molecular flexibility index (Phi) is 10.4. The number of halogens is 1. The van der Waals surface area contributed by atoms with Crippen molar-refractivity contribution in [3.63, 3.8) is 0 Å². The van der Waals surface area contributed by atoms with Crippen LogP contribution in [0.25, 0.3) is 0 Å².